The molecule has 1 atom stereocenters. The number of aromatic nitrogens is 1. The summed E-state index contributed by atoms with van der Waals surface area (Å²) in [6, 6.07) is 2.41. The van der Waals surface area contributed by atoms with E-state index in [0.717, 1.165) is 0 Å². The predicted molar refractivity (Wildman–Crippen MR) is 58.6 cm³/mol. The SMILES string of the molecule is O=C(O)NCC1(c2ccncc2)NC(=O)NC1=O. The van der Waals surface area contributed by atoms with Gasteiger partial charge in [0.15, 0.2) is 5.54 Å². The standard InChI is InChI=1S/C10H10N4O4/c15-7-10(5-12-9(17)18,14-8(16)13-7)6-1-3-11-4-2-6/h1-4,12H,5H2,(H,17,18)(H2,13,14,15,16). The molecule has 8 heteroatoms. The van der Waals surface area contributed by atoms with Gasteiger partial charge in [0.2, 0.25) is 0 Å². The van der Waals surface area contributed by atoms with Gasteiger partial charge in [-0.1, -0.05) is 0 Å². The molecule has 1 aliphatic rings. The number of carbonyl (C=O) groups excluding carboxylic acids is 2. The minimum absolute atomic E-state index is 0.260. The second-order valence-electron chi connectivity index (χ2n) is 3.71. The van der Waals surface area contributed by atoms with Crippen molar-refractivity contribution in [2.75, 3.05) is 6.54 Å². The molecule has 1 aromatic rings. The van der Waals surface area contributed by atoms with Crippen LogP contribution in [-0.2, 0) is 10.3 Å². The van der Waals surface area contributed by atoms with Gasteiger partial charge in [-0.3, -0.25) is 15.1 Å². The Kier molecular flexibility index (Phi) is 2.84. The van der Waals surface area contributed by atoms with E-state index < -0.39 is 23.6 Å². The Morgan fingerprint density at radius 1 is 1.39 bits per heavy atom. The van der Waals surface area contributed by atoms with Crippen LogP contribution in [0.25, 0.3) is 0 Å². The van der Waals surface area contributed by atoms with Crippen molar-refractivity contribution < 1.29 is 19.5 Å². The van der Waals surface area contributed by atoms with Gasteiger partial charge in [0.05, 0.1) is 6.54 Å². The maximum Gasteiger partial charge on any atom is 0.404 e. The molecular weight excluding hydrogens is 240 g/mol. The van der Waals surface area contributed by atoms with Gasteiger partial charge in [-0.05, 0) is 17.7 Å². The fourth-order valence-electron chi connectivity index (χ4n) is 1.77. The zero-order valence-corrected chi connectivity index (χ0v) is 9.14. The Morgan fingerprint density at radius 2 is 2.06 bits per heavy atom. The summed E-state index contributed by atoms with van der Waals surface area (Å²) in [4.78, 5) is 37.5. The van der Waals surface area contributed by atoms with Gasteiger partial charge in [-0.25, -0.2) is 9.59 Å². The van der Waals surface area contributed by atoms with E-state index in [0.29, 0.717) is 5.56 Å². The maximum absolute atomic E-state index is 11.9. The van der Waals surface area contributed by atoms with Crippen molar-refractivity contribution in [3.05, 3.63) is 30.1 Å². The van der Waals surface area contributed by atoms with Crippen LogP contribution in [0.3, 0.4) is 0 Å². The van der Waals surface area contributed by atoms with Crippen molar-refractivity contribution in [1.82, 2.24) is 20.9 Å². The van der Waals surface area contributed by atoms with Crippen molar-refractivity contribution in [2.24, 2.45) is 0 Å². The van der Waals surface area contributed by atoms with E-state index >= 15 is 0 Å². The molecule has 0 aromatic carbocycles. The largest absolute Gasteiger partial charge is 0.465 e. The number of amides is 4. The maximum atomic E-state index is 11.9. The third kappa shape index (κ3) is 1.95. The first-order chi connectivity index (χ1) is 8.54. The van der Waals surface area contributed by atoms with Crippen LogP contribution in [-0.4, -0.2) is 34.7 Å². The number of imide groups is 1. The van der Waals surface area contributed by atoms with Gasteiger partial charge in [0.25, 0.3) is 5.91 Å². The highest BCUT2D eigenvalue weighted by atomic mass is 16.4. The summed E-state index contributed by atoms with van der Waals surface area (Å²) < 4.78 is 0. The summed E-state index contributed by atoms with van der Waals surface area (Å²) in [5.74, 6) is -0.604. The molecular formula is C10H10N4O4. The molecule has 1 unspecified atom stereocenters. The van der Waals surface area contributed by atoms with Gasteiger partial charge in [-0.15, -0.1) is 0 Å². The molecule has 94 valence electrons. The second-order valence-corrected chi connectivity index (χ2v) is 3.71. The fraction of sp³-hybridized carbons (Fsp3) is 0.200. The second kappa shape index (κ2) is 4.32. The molecule has 0 radical (unpaired) electrons. The van der Waals surface area contributed by atoms with E-state index in [1.54, 1.807) is 0 Å². The van der Waals surface area contributed by atoms with E-state index in [2.05, 4.69) is 20.9 Å². The summed E-state index contributed by atoms with van der Waals surface area (Å²) in [5.41, 5.74) is -0.979. The van der Waals surface area contributed by atoms with Crippen LogP contribution in [0.15, 0.2) is 24.5 Å². The van der Waals surface area contributed by atoms with Gasteiger partial charge < -0.3 is 15.7 Å². The Balaban J connectivity index is 2.37. The summed E-state index contributed by atoms with van der Waals surface area (Å²) in [7, 11) is 0. The summed E-state index contributed by atoms with van der Waals surface area (Å²) in [5, 5.41) is 15.2. The molecule has 8 nitrogen and oxygen atoms in total. The van der Waals surface area contributed by atoms with Crippen molar-refractivity contribution in [3.8, 4) is 0 Å². The Hall–Kier alpha value is -2.64. The summed E-state index contributed by atoms with van der Waals surface area (Å²) in [6.45, 7) is -0.260. The number of hydrogen-bond acceptors (Lipinski definition) is 4. The molecule has 2 heterocycles. The zero-order valence-electron chi connectivity index (χ0n) is 9.14. The molecule has 4 amide bonds. The van der Waals surface area contributed by atoms with Crippen LogP contribution in [0.2, 0.25) is 0 Å². The van der Waals surface area contributed by atoms with Gasteiger partial charge in [0.1, 0.15) is 0 Å². The van der Waals surface area contributed by atoms with E-state index in [1.165, 1.54) is 24.5 Å². The zero-order chi connectivity index (χ0) is 13.2. The fourth-order valence-corrected chi connectivity index (χ4v) is 1.77. The predicted octanol–water partition coefficient (Wildman–Crippen LogP) is -0.616. The monoisotopic (exact) mass is 250 g/mol. The van der Waals surface area contributed by atoms with Crippen molar-refractivity contribution >= 4 is 18.0 Å². The average molecular weight is 250 g/mol. The lowest BCUT2D eigenvalue weighted by molar-refractivity contribution is -0.124. The quantitative estimate of drug-likeness (QED) is 0.533. The molecule has 1 saturated heterocycles. The van der Waals surface area contributed by atoms with Crippen LogP contribution in [0, 0.1) is 0 Å². The van der Waals surface area contributed by atoms with Crippen LogP contribution >= 0.6 is 0 Å². The molecule has 18 heavy (non-hydrogen) atoms. The highest BCUT2D eigenvalue weighted by Gasteiger charge is 2.47. The first-order valence-electron chi connectivity index (χ1n) is 5.05. The smallest absolute Gasteiger partial charge is 0.404 e. The topological polar surface area (TPSA) is 120 Å². The number of carbonyl (C=O) groups is 3. The van der Waals surface area contributed by atoms with Gasteiger partial charge in [-0.2, -0.15) is 0 Å². The molecule has 1 fully saturated rings. The molecule has 1 aliphatic heterocycles. The highest BCUT2D eigenvalue weighted by Crippen LogP contribution is 2.23. The molecule has 0 spiro atoms. The Morgan fingerprint density at radius 3 is 2.56 bits per heavy atom. The molecule has 1 aromatic heterocycles. The van der Waals surface area contributed by atoms with Crippen molar-refractivity contribution in [2.45, 2.75) is 5.54 Å². The molecule has 4 N–H and O–H groups in total. The number of rotatable bonds is 3. The normalized spacial score (nSPS) is 22.2. The number of nitrogens with zero attached hydrogens (tertiary/aromatic N) is 1. The first-order valence-corrected chi connectivity index (χ1v) is 5.05. The Bertz CT molecular complexity index is 504. The summed E-state index contributed by atoms with van der Waals surface area (Å²) in [6.07, 6.45) is 1.63. The minimum atomic E-state index is -1.43. The first kappa shape index (κ1) is 11.8. The lowest BCUT2D eigenvalue weighted by atomic mass is 9.91. The van der Waals surface area contributed by atoms with Gasteiger partial charge >= 0.3 is 12.1 Å². The van der Waals surface area contributed by atoms with Gasteiger partial charge in [0, 0.05) is 12.4 Å². The molecule has 0 aliphatic carbocycles. The van der Waals surface area contributed by atoms with E-state index in [1.807, 2.05) is 0 Å². The van der Waals surface area contributed by atoms with Crippen LogP contribution in [0.5, 0.6) is 0 Å². The Labute approximate surface area is 101 Å². The number of urea groups is 1. The van der Waals surface area contributed by atoms with Crippen LogP contribution in [0.1, 0.15) is 5.56 Å². The van der Waals surface area contributed by atoms with Crippen molar-refractivity contribution in [3.63, 3.8) is 0 Å². The third-order valence-electron chi connectivity index (χ3n) is 2.62. The number of hydrogen-bond donors (Lipinski definition) is 4. The van der Waals surface area contributed by atoms with Crippen LogP contribution < -0.4 is 16.0 Å². The molecule has 0 bridgehead atoms. The summed E-state index contributed by atoms with van der Waals surface area (Å²) >= 11 is 0. The minimum Gasteiger partial charge on any atom is -0.465 e. The van der Waals surface area contributed by atoms with Crippen molar-refractivity contribution in [1.29, 1.82) is 0 Å². The van der Waals surface area contributed by atoms with E-state index in [-0.39, 0.29) is 6.54 Å². The third-order valence-corrected chi connectivity index (χ3v) is 2.62. The molecule has 2 rings (SSSR count). The van der Waals surface area contributed by atoms with E-state index in [4.69, 9.17) is 5.11 Å². The van der Waals surface area contributed by atoms with Crippen LogP contribution in [0.4, 0.5) is 9.59 Å². The van der Waals surface area contributed by atoms with E-state index in [9.17, 15) is 14.4 Å². The number of nitrogens with one attached hydrogen (secondary N) is 3. The average Bonchev–Trinajstić information content (AvgIpc) is 2.64. The molecule has 0 saturated carbocycles. The lowest BCUT2D eigenvalue weighted by Gasteiger charge is -2.25. The highest BCUT2D eigenvalue weighted by molar-refractivity contribution is 6.07. The number of carboxylic acid groups (broad SMARTS) is 1. The lowest BCUT2D eigenvalue weighted by Crippen LogP contribution is -2.52. The number of pyridine rings is 1.